The van der Waals surface area contributed by atoms with Crippen LogP contribution in [0.4, 0.5) is 0 Å². The fraction of sp³-hybridized carbons (Fsp3) is 0.429. The minimum atomic E-state index is -0.970. The first-order valence-electron chi connectivity index (χ1n) is 15.8. The van der Waals surface area contributed by atoms with Crippen LogP contribution in [0.15, 0.2) is 39.5 Å². The zero-order valence-electron chi connectivity index (χ0n) is 27.1. The number of fused-ring (bicyclic) bond motifs is 1. The first-order chi connectivity index (χ1) is 22.5. The molecule has 252 valence electrons. The van der Waals surface area contributed by atoms with Crippen molar-refractivity contribution in [2.75, 3.05) is 0 Å². The lowest BCUT2D eigenvalue weighted by molar-refractivity contribution is -0.137. The molecule has 0 radical (unpaired) electrons. The highest BCUT2D eigenvalue weighted by Crippen LogP contribution is 2.39. The van der Waals surface area contributed by atoms with Gasteiger partial charge >= 0.3 is 29.8 Å². The van der Waals surface area contributed by atoms with Gasteiger partial charge in [-0.3, -0.25) is 28.8 Å². The van der Waals surface area contributed by atoms with Crippen molar-refractivity contribution in [1.82, 2.24) is 0 Å². The van der Waals surface area contributed by atoms with Crippen molar-refractivity contribution in [2.24, 2.45) is 0 Å². The van der Waals surface area contributed by atoms with Crippen LogP contribution in [0.25, 0.3) is 22.3 Å². The summed E-state index contributed by atoms with van der Waals surface area (Å²) in [5.41, 5.74) is -0.215. The Morgan fingerprint density at radius 2 is 1.23 bits per heavy atom. The minimum absolute atomic E-state index is 0.00995. The molecule has 0 bridgehead atoms. The summed E-state index contributed by atoms with van der Waals surface area (Å²) in [7, 11) is 0. The van der Waals surface area contributed by atoms with Crippen molar-refractivity contribution in [1.29, 1.82) is 0 Å². The first-order valence-corrected chi connectivity index (χ1v) is 15.8. The Labute approximate surface area is 271 Å². The molecule has 0 aliphatic heterocycles. The number of hydrogen-bond donors (Lipinski definition) is 1. The lowest BCUT2D eigenvalue weighted by Crippen LogP contribution is -2.17. The summed E-state index contributed by atoms with van der Waals surface area (Å²) in [4.78, 5) is 75.3. The molecule has 0 spiro atoms. The summed E-state index contributed by atoms with van der Waals surface area (Å²) in [6, 6.07) is 7.13. The molecule has 0 unspecified atom stereocenters. The van der Waals surface area contributed by atoms with Crippen LogP contribution < -0.4 is 24.4 Å². The maximum atomic E-state index is 14.1. The van der Waals surface area contributed by atoms with E-state index in [1.807, 2.05) is 6.92 Å². The van der Waals surface area contributed by atoms with Crippen molar-refractivity contribution < 1.29 is 52.4 Å². The smallest absolute Gasteiger partial charge is 0.311 e. The molecule has 12 heteroatoms. The number of aryl methyl sites for hydroxylation is 1. The molecule has 0 atom stereocenters. The predicted octanol–water partition coefficient (Wildman–Crippen LogP) is 6.69. The second-order valence-electron chi connectivity index (χ2n) is 10.9. The number of hydrogen-bond acceptors (Lipinski definition) is 11. The van der Waals surface area contributed by atoms with Crippen molar-refractivity contribution >= 4 is 40.8 Å². The average molecular weight is 653 g/mol. The molecule has 0 saturated carbocycles. The number of esters is 4. The zero-order chi connectivity index (χ0) is 34.5. The molecule has 0 aliphatic rings. The second-order valence-corrected chi connectivity index (χ2v) is 10.9. The van der Waals surface area contributed by atoms with Gasteiger partial charge in [0, 0.05) is 49.8 Å². The molecule has 1 aromatic heterocycles. The van der Waals surface area contributed by atoms with Gasteiger partial charge in [0.05, 0.1) is 0 Å². The first kappa shape index (κ1) is 36.5. The molecule has 3 rings (SSSR count). The number of carboxylic acids is 1. The molecule has 12 nitrogen and oxygen atoms in total. The topological polar surface area (TPSA) is 173 Å². The van der Waals surface area contributed by atoms with Gasteiger partial charge in [0.1, 0.15) is 28.2 Å². The third-order valence-corrected chi connectivity index (χ3v) is 6.77. The summed E-state index contributed by atoms with van der Waals surface area (Å²) >= 11 is 0. The molecular weight excluding hydrogens is 612 g/mol. The standard InChI is InChI=1S/C35H40O12/c1-5-10-28(38)43-23-19-25(45-30(40)12-7-3)32-26(20-23)46-34(35(33(32)42)47-31(41)13-8-4)22-17-16-21(14-9-15-27(36)37)24(18-22)44-29(39)11-6-2/h16-20H,5-15H2,1-4H3,(H,36,37). The molecule has 3 aromatic rings. The highest BCUT2D eigenvalue weighted by atomic mass is 16.6. The molecular formula is C35H40O12. The van der Waals surface area contributed by atoms with E-state index < -0.39 is 41.0 Å². The van der Waals surface area contributed by atoms with Crippen LogP contribution in [-0.2, 0) is 30.4 Å². The fourth-order valence-electron chi connectivity index (χ4n) is 4.60. The van der Waals surface area contributed by atoms with E-state index in [1.54, 1.807) is 32.9 Å². The van der Waals surface area contributed by atoms with Gasteiger partial charge in [-0.05, 0) is 50.2 Å². The second kappa shape index (κ2) is 17.6. The predicted molar refractivity (Wildman–Crippen MR) is 171 cm³/mol. The summed E-state index contributed by atoms with van der Waals surface area (Å²) < 4.78 is 28.3. The van der Waals surface area contributed by atoms with Crippen molar-refractivity contribution in [3.8, 4) is 34.3 Å². The van der Waals surface area contributed by atoms with E-state index in [0.717, 1.165) is 0 Å². The molecule has 0 amide bonds. The summed E-state index contributed by atoms with van der Waals surface area (Å²) in [5, 5.41) is 8.87. The SMILES string of the molecule is CCCC(=O)Oc1cc(OC(=O)CCC)c2c(=O)c(OC(=O)CCC)c(-c3ccc(CCCC(=O)O)c(OC(=O)CCC)c3)oc2c1. The molecule has 0 aliphatic carbocycles. The van der Waals surface area contributed by atoms with E-state index in [2.05, 4.69) is 0 Å². The lowest BCUT2D eigenvalue weighted by atomic mass is 10.0. The largest absolute Gasteiger partial charge is 0.481 e. The van der Waals surface area contributed by atoms with Crippen LogP contribution in [0.2, 0.25) is 0 Å². The van der Waals surface area contributed by atoms with Gasteiger partial charge in [-0.1, -0.05) is 39.8 Å². The summed E-state index contributed by atoms with van der Waals surface area (Å²) in [6.07, 6.45) is 2.68. The molecule has 2 aromatic carbocycles. The average Bonchev–Trinajstić information content (AvgIpc) is 2.99. The van der Waals surface area contributed by atoms with E-state index in [0.29, 0.717) is 31.2 Å². The van der Waals surface area contributed by atoms with Crippen LogP contribution in [0.1, 0.15) is 97.5 Å². The molecule has 47 heavy (non-hydrogen) atoms. The molecule has 0 saturated heterocycles. The van der Waals surface area contributed by atoms with E-state index in [1.165, 1.54) is 18.2 Å². The van der Waals surface area contributed by atoms with Gasteiger partial charge < -0.3 is 28.5 Å². The number of ether oxygens (including phenoxy) is 4. The van der Waals surface area contributed by atoms with Crippen LogP contribution in [0.3, 0.4) is 0 Å². The third-order valence-electron chi connectivity index (χ3n) is 6.77. The Hall–Kier alpha value is -5.00. The number of carbonyl (C=O) groups is 5. The van der Waals surface area contributed by atoms with E-state index >= 15 is 0 Å². The highest BCUT2D eigenvalue weighted by molar-refractivity contribution is 5.92. The molecule has 1 N–H and O–H groups in total. The van der Waals surface area contributed by atoms with Gasteiger partial charge in [0.15, 0.2) is 5.76 Å². The van der Waals surface area contributed by atoms with E-state index in [4.69, 9.17) is 28.5 Å². The number of rotatable bonds is 17. The zero-order valence-corrected chi connectivity index (χ0v) is 27.1. The van der Waals surface area contributed by atoms with Gasteiger partial charge in [0.2, 0.25) is 11.2 Å². The molecule has 1 heterocycles. The minimum Gasteiger partial charge on any atom is -0.481 e. The van der Waals surface area contributed by atoms with E-state index in [9.17, 15) is 28.8 Å². The Bertz CT molecular complexity index is 1680. The number of aliphatic carboxylic acids is 1. The molecule has 0 fully saturated rings. The van der Waals surface area contributed by atoms with Crippen molar-refractivity contribution in [3.05, 3.63) is 46.1 Å². The Kier molecular flexibility index (Phi) is 13.7. The van der Waals surface area contributed by atoms with Crippen LogP contribution in [0, 0.1) is 0 Å². The number of benzene rings is 2. The third kappa shape index (κ3) is 10.2. The van der Waals surface area contributed by atoms with Crippen molar-refractivity contribution in [2.45, 2.75) is 98.3 Å². The van der Waals surface area contributed by atoms with Crippen molar-refractivity contribution in [3.63, 3.8) is 0 Å². The highest BCUT2D eigenvalue weighted by Gasteiger charge is 2.26. The Morgan fingerprint density at radius 1 is 0.681 bits per heavy atom. The Morgan fingerprint density at radius 3 is 1.81 bits per heavy atom. The maximum absolute atomic E-state index is 14.1. The van der Waals surface area contributed by atoms with Gasteiger partial charge in [-0.2, -0.15) is 0 Å². The summed E-state index contributed by atoms with van der Waals surface area (Å²) in [6.45, 7) is 7.16. The van der Waals surface area contributed by atoms with Crippen LogP contribution in [-0.4, -0.2) is 35.0 Å². The van der Waals surface area contributed by atoms with Crippen LogP contribution >= 0.6 is 0 Å². The number of carboxylic acid groups (broad SMARTS) is 1. The monoisotopic (exact) mass is 652 g/mol. The lowest BCUT2D eigenvalue weighted by Gasteiger charge is -2.16. The quantitative estimate of drug-likeness (QED) is 0.121. The summed E-state index contributed by atoms with van der Waals surface area (Å²) in [5.74, 6) is -4.23. The van der Waals surface area contributed by atoms with Gasteiger partial charge in [-0.25, -0.2) is 0 Å². The Balaban J connectivity index is 2.31. The van der Waals surface area contributed by atoms with Gasteiger partial charge in [-0.15, -0.1) is 0 Å². The fourth-order valence-corrected chi connectivity index (χ4v) is 4.60. The van der Waals surface area contributed by atoms with E-state index in [-0.39, 0.29) is 84.5 Å². The maximum Gasteiger partial charge on any atom is 0.311 e. The van der Waals surface area contributed by atoms with Crippen LogP contribution in [0.5, 0.6) is 23.0 Å². The normalized spacial score (nSPS) is 10.8. The van der Waals surface area contributed by atoms with Gasteiger partial charge in [0.25, 0.3) is 0 Å². The number of carbonyl (C=O) groups excluding carboxylic acids is 4.